The maximum atomic E-state index is 13.4. The lowest BCUT2D eigenvalue weighted by atomic mass is 9.86. The summed E-state index contributed by atoms with van der Waals surface area (Å²) in [6.45, 7) is 4.84. The van der Waals surface area contributed by atoms with Gasteiger partial charge in [0.25, 0.3) is 11.8 Å². The number of sulfone groups is 1. The fraction of sp³-hybridized carbons (Fsp3) is 0.500. The number of amides is 2. The number of fused-ring (bicyclic) bond motifs is 2. The lowest BCUT2D eigenvalue weighted by Gasteiger charge is -2.39. The van der Waals surface area contributed by atoms with Crippen molar-refractivity contribution >= 4 is 27.3 Å². The van der Waals surface area contributed by atoms with E-state index >= 15 is 0 Å². The minimum atomic E-state index is -3.55. The van der Waals surface area contributed by atoms with Gasteiger partial charge in [-0.2, -0.15) is 0 Å². The van der Waals surface area contributed by atoms with Crippen molar-refractivity contribution in [1.82, 2.24) is 9.88 Å². The Bertz CT molecular complexity index is 1240. The number of likely N-dealkylation sites (N-methyl/N-ethyl adjacent to an activating group) is 1. The SMILES string of the molecule is CC(C)C1Oc2c(C3CN(C)C(=O)c4[nH]ccc43)cc(S(C)(=O)=O)cc2N(CC2CC2)C1=O. The molecule has 0 saturated heterocycles. The van der Waals surface area contributed by atoms with Crippen molar-refractivity contribution in [1.29, 1.82) is 0 Å². The Hall–Kier alpha value is -2.81. The van der Waals surface area contributed by atoms with Crippen molar-refractivity contribution in [3.63, 3.8) is 0 Å². The van der Waals surface area contributed by atoms with E-state index in [1.807, 2.05) is 19.9 Å². The van der Waals surface area contributed by atoms with Crippen LogP contribution in [-0.4, -0.2) is 62.6 Å². The van der Waals surface area contributed by atoms with Gasteiger partial charge in [-0.3, -0.25) is 9.59 Å². The Labute approximate surface area is 193 Å². The van der Waals surface area contributed by atoms with Gasteiger partial charge in [0.2, 0.25) is 0 Å². The number of aromatic amines is 1. The molecule has 1 aromatic carbocycles. The zero-order valence-corrected chi connectivity index (χ0v) is 20.1. The number of nitrogens with one attached hydrogen (secondary N) is 1. The Kier molecular flexibility index (Phi) is 5.08. The van der Waals surface area contributed by atoms with Gasteiger partial charge in [-0.05, 0) is 48.4 Å². The second-order valence-corrected chi connectivity index (χ2v) is 11.9. The average Bonchev–Trinajstić information content (AvgIpc) is 3.43. The number of anilines is 1. The molecule has 2 unspecified atom stereocenters. The van der Waals surface area contributed by atoms with Gasteiger partial charge in [-0.25, -0.2) is 8.42 Å². The van der Waals surface area contributed by atoms with Crippen molar-refractivity contribution in [2.45, 2.75) is 43.6 Å². The third-order valence-electron chi connectivity index (χ3n) is 6.84. The van der Waals surface area contributed by atoms with Crippen molar-refractivity contribution in [2.24, 2.45) is 11.8 Å². The van der Waals surface area contributed by atoms with Crippen LogP contribution >= 0.6 is 0 Å². The second kappa shape index (κ2) is 7.62. The minimum absolute atomic E-state index is 0.0479. The Morgan fingerprint density at radius 3 is 2.55 bits per heavy atom. The fourth-order valence-corrected chi connectivity index (χ4v) is 5.46. The van der Waals surface area contributed by atoms with Gasteiger partial charge in [0.15, 0.2) is 15.9 Å². The van der Waals surface area contributed by atoms with Crippen LogP contribution in [0.2, 0.25) is 0 Å². The summed E-state index contributed by atoms with van der Waals surface area (Å²) in [5, 5.41) is 0. The number of aromatic nitrogens is 1. The summed E-state index contributed by atoms with van der Waals surface area (Å²) in [5.41, 5.74) is 2.50. The third-order valence-corrected chi connectivity index (χ3v) is 7.93. The predicted molar refractivity (Wildman–Crippen MR) is 123 cm³/mol. The molecule has 2 aliphatic heterocycles. The molecule has 1 aliphatic carbocycles. The van der Waals surface area contributed by atoms with E-state index in [-0.39, 0.29) is 28.5 Å². The topological polar surface area (TPSA) is 99.8 Å². The van der Waals surface area contributed by atoms with Gasteiger partial charge >= 0.3 is 0 Å². The molecule has 1 aromatic heterocycles. The number of ether oxygens (including phenoxy) is 1. The van der Waals surface area contributed by atoms with E-state index in [0.29, 0.717) is 41.7 Å². The van der Waals surface area contributed by atoms with E-state index in [4.69, 9.17) is 4.74 Å². The molecule has 8 nitrogen and oxygen atoms in total. The zero-order valence-electron chi connectivity index (χ0n) is 19.3. The average molecular weight is 472 g/mol. The lowest BCUT2D eigenvalue weighted by molar-refractivity contribution is -0.128. The highest BCUT2D eigenvalue weighted by molar-refractivity contribution is 7.90. The van der Waals surface area contributed by atoms with E-state index in [1.54, 1.807) is 35.2 Å². The minimum Gasteiger partial charge on any atom is -0.478 e. The van der Waals surface area contributed by atoms with Crippen LogP contribution < -0.4 is 9.64 Å². The summed E-state index contributed by atoms with van der Waals surface area (Å²) >= 11 is 0. The number of H-pyrrole nitrogens is 1. The number of rotatable bonds is 5. The molecule has 1 fully saturated rings. The molecule has 2 amide bonds. The van der Waals surface area contributed by atoms with Crippen molar-refractivity contribution < 1.29 is 22.7 Å². The fourth-order valence-electron chi connectivity index (χ4n) is 4.80. The number of carbonyl (C=O) groups is 2. The summed E-state index contributed by atoms with van der Waals surface area (Å²) in [7, 11) is -1.82. The quantitative estimate of drug-likeness (QED) is 0.723. The Balaban J connectivity index is 1.74. The van der Waals surface area contributed by atoms with Crippen molar-refractivity contribution in [2.75, 3.05) is 31.3 Å². The first kappa shape index (κ1) is 22.0. The highest BCUT2D eigenvalue weighted by atomic mass is 32.2. The first-order valence-electron chi connectivity index (χ1n) is 11.3. The molecule has 0 bridgehead atoms. The molecular weight excluding hydrogens is 442 g/mol. The normalized spacial score (nSPS) is 22.9. The van der Waals surface area contributed by atoms with Crippen molar-refractivity contribution in [3.8, 4) is 5.75 Å². The van der Waals surface area contributed by atoms with E-state index in [0.717, 1.165) is 18.4 Å². The summed E-state index contributed by atoms with van der Waals surface area (Å²) in [6, 6.07) is 5.09. The third kappa shape index (κ3) is 3.72. The molecule has 1 N–H and O–H groups in total. The van der Waals surface area contributed by atoms with Gasteiger partial charge in [0, 0.05) is 44.1 Å². The predicted octanol–water partition coefficient (Wildman–Crippen LogP) is 2.80. The number of carbonyl (C=O) groups excluding carboxylic acids is 2. The van der Waals surface area contributed by atoms with Gasteiger partial charge in [0.1, 0.15) is 11.4 Å². The first-order chi connectivity index (χ1) is 15.6. The zero-order chi connectivity index (χ0) is 23.7. The van der Waals surface area contributed by atoms with Gasteiger partial charge in [-0.15, -0.1) is 0 Å². The Morgan fingerprint density at radius 2 is 1.91 bits per heavy atom. The molecule has 2 atom stereocenters. The van der Waals surface area contributed by atoms with Crippen LogP contribution in [-0.2, 0) is 14.6 Å². The smallest absolute Gasteiger partial charge is 0.270 e. The summed E-state index contributed by atoms with van der Waals surface area (Å²) in [6.07, 6.45) is 4.38. The molecule has 176 valence electrons. The van der Waals surface area contributed by atoms with E-state index in [1.165, 1.54) is 6.26 Å². The number of nitrogens with zero attached hydrogens (tertiary/aromatic N) is 2. The molecule has 3 aliphatic rings. The van der Waals surface area contributed by atoms with Crippen LogP contribution in [0.25, 0.3) is 0 Å². The maximum absolute atomic E-state index is 13.4. The summed E-state index contributed by atoms with van der Waals surface area (Å²) < 4.78 is 31.6. The lowest BCUT2D eigenvalue weighted by Crippen LogP contribution is -2.49. The van der Waals surface area contributed by atoms with Crippen LogP contribution in [0.3, 0.4) is 0 Å². The van der Waals surface area contributed by atoms with Crippen LogP contribution in [0.4, 0.5) is 5.69 Å². The number of hydrogen-bond donors (Lipinski definition) is 1. The molecule has 9 heteroatoms. The van der Waals surface area contributed by atoms with E-state index in [2.05, 4.69) is 4.98 Å². The van der Waals surface area contributed by atoms with Gasteiger partial charge < -0.3 is 19.5 Å². The molecule has 0 spiro atoms. The molecule has 1 saturated carbocycles. The molecule has 3 heterocycles. The largest absolute Gasteiger partial charge is 0.478 e. The standard InChI is InChI=1S/C24H29N3O5S/c1-13(2)21-24(29)27(11-14-5-6-14)19-10-15(33(4,30)31)9-17(22(19)32-21)18-12-26(3)23(28)20-16(18)7-8-25-20/h7-10,13-14,18,21,25H,5-6,11-12H2,1-4H3. The van der Waals surface area contributed by atoms with Crippen molar-refractivity contribution in [3.05, 3.63) is 41.2 Å². The van der Waals surface area contributed by atoms with Gasteiger partial charge in [0.05, 0.1) is 10.6 Å². The number of benzene rings is 1. The highest BCUT2D eigenvalue weighted by Crippen LogP contribution is 2.47. The van der Waals surface area contributed by atoms with Crippen LogP contribution in [0, 0.1) is 11.8 Å². The molecular formula is C24H29N3O5S. The van der Waals surface area contributed by atoms with Crippen LogP contribution in [0.1, 0.15) is 54.2 Å². The molecule has 2 aromatic rings. The molecule has 5 rings (SSSR count). The first-order valence-corrected chi connectivity index (χ1v) is 13.2. The highest BCUT2D eigenvalue weighted by Gasteiger charge is 2.43. The molecule has 0 radical (unpaired) electrons. The van der Waals surface area contributed by atoms with Crippen LogP contribution in [0.15, 0.2) is 29.3 Å². The maximum Gasteiger partial charge on any atom is 0.270 e. The van der Waals surface area contributed by atoms with E-state index in [9.17, 15) is 18.0 Å². The number of hydrogen-bond acceptors (Lipinski definition) is 5. The summed E-state index contributed by atoms with van der Waals surface area (Å²) in [4.78, 5) is 32.6. The Morgan fingerprint density at radius 1 is 1.18 bits per heavy atom. The van der Waals surface area contributed by atoms with Gasteiger partial charge in [-0.1, -0.05) is 13.8 Å². The van der Waals surface area contributed by atoms with E-state index < -0.39 is 15.9 Å². The molecule has 33 heavy (non-hydrogen) atoms. The summed E-state index contributed by atoms with van der Waals surface area (Å²) in [5.74, 6) is 0.403. The second-order valence-electron chi connectivity index (χ2n) is 9.85. The van der Waals surface area contributed by atoms with Crippen LogP contribution in [0.5, 0.6) is 5.75 Å². The monoisotopic (exact) mass is 471 g/mol.